The van der Waals surface area contributed by atoms with Crippen LogP contribution in [0.25, 0.3) is 0 Å². The Hall–Kier alpha value is -0.370. The lowest BCUT2D eigenvalue weighted by Crippen LogP contribution is -2.34. The van der Waals surface area contributed by atoms with E-state index in [0.717, 1.165) is 18.4 Å². The Bertz CT molecular complexity index is 179. The Labute approximate surface area is 74.9 Å². The minimum Gasteiger partial charge on any atom is -0.298 e. The highest BCUT2D eigenvalue weighted by molar-refractivity contribution is 5.82. The first-order chi connectivity index (χ1) is 5.70. The number of ketones is 1. The number of carbonyl (C=O) groups is 1. The largest absolute Gasteiger partial charge is 0.298 e. The third-order valence-electron chi connectivity index (χ3n) is 2.90. The molecule has 1 saturated carbocycles. The molecule has 2 nitrogen and oxygen atoms in total. The highest BCUT2D eigenvalue weighted by Crippen LogP contribution is 2.46. The summed E-state index contributed by atoms with van der Waals surface area (Å²) in [5.74, 6) is 1.20. The Morgan fingerprint density at radius 3 is 2.17 bits per heavy atom. The molecule has 1 aliphatic carbocycles. The molecule has 0 N–H and O–H groups in total. The molecule has 0 bridgehead atoms. The summed E-state index contributed by atoms with van der Waals surface area (Å²) in [4.78, 5) is 13.2. The smallest absolute Gasteiger partial charge is 0.146 e. The average molecular weight is 169 g/mol. The van der Waals surface area contributed by atoms with Crippen molar-refractivity contribution in [1.29, 1.82) is 0 Å². The topological polar surface area (TPSA) is 20.3 Å². The van der Waals surface area contributed by atoms with Gasteiger partial charge < -0.3 is 0 Å². The molecule has 2 heteroatoms. The van der Waals surface area contributed by atoms with Crippen molar-refractivity contribution in [2.45, 2.75) is 45.7 Å². The first-order valence-corrected chi connectivity index (χ1v) is 4.92. The molecule has 0 aromatic carbocycles. The van der Waals surface area contributed by atoms with E-state index < -0.39 is 0 Å². The van der Waals surface area contributed by atoms with Gasteiger partial charge in [0.25, 0.3) is 0 Å². The second-order valence-corrected chi connectivity index (χ2v) is 3.59. The Kier molecular flexibility index (Phi) is 2.89. The fourth-order valence-corrected chi connectivity index (χ4v) is 2.12. The highest BCUT2D eigenvalue weighted by atomic mass is 16.1. The fourth-order valence-electron chi connectivity index (χ4n) is 2.12. The Morgan fingerprint density at radius 2 is 1.92 bits per heavy atom. The van der Waals surface area contributed by atoms with E-state index >= 15 is 0 Å². The van der Waals surface area contributed by atoms with Crippen LogP contribution in [0, 0.1) is 5.92 Å². The maximum absolute atomic E-state index is 11.0. The number of carbonyl (C=O) groups excluding carboxylic acids is 1. The van der Waals surface area contributed by atoms with E-state index in [-0.39, 0.29) is 6.04 Å². The number of piperidine rings is 1. The fraction of sp³-hybridized carbons (Fsp3) is 0.900. The van der Waals surface area contributed by atoms with Gasteiger partial charge in [-0.25, -0.2) is 0 Å². The molecule has 12 heavy (non-hydrogen) atoms. The quantitative estimate of drug-likeness (QED) is 0.595. The van der Waals surface area contributed by atoms with Crippen LogP contribution >= 0.6 is 0 Å². The molecular formula is C10H19NO. The van der Waals surface area contributed by atoms with E-state index in [2.05, 4.69) is 11.9 Å². The molecule has 0 aromatic rings. The maximum Gasteiger partial charge on any atom is 0.146 e. The van der Waals surface area contributed by atoms with E-state index in [4.69, 9.17) is 0 Å². The lowest BCUT2D eigenvalue weighted by molar-refractivity contribution is -0.121. The summed E-state index contributed by atoms with van der Waals surface area (Å²) in [7, 11) is 2.07. The van der Waals surface area contributed by atoms with E-state index in [1.807, 2.05) is 13.8 Å². The predicted molar refractivity (Wildman–Crippen MR) is 50.1 cm³/mol. The van der Waals surface area contributed by atoms with Gasteiger partial charge in [-0.05, 0) is 32.7 Å². The van der Waals surface area contributed by atoms with E-state index in [1.165, 1.54) is 6.42 Å². The number of fused-ring (bicyclic) bond motifs is 1. The Balaban J connectivity index is 0.000000336. The minimum absolute atomic E-state index is 0.253. The van der Waals surface area contributed by atoms with Crippen molar-refractivity contribution in [3.63, 3.8) is 0 Å². The van der Waals surface area contributed by atoms with Gasteiger partial charge in [-0.2, -0.15) is 0 Å². The van der Waals surface area contributed by atoms with Gasteiger partial charge in [0, 0.05) is 6.04 Å². The van der Waals surface area contributed by atoms with E-state index in [9.17, 15) is 4.79 Å². The van der Waals surface area contributed by atoms with Crippen LogP contribution in [-0.2, 0) is 4.79 Å². The lowest BCUT2D eigenvalue weighted by atomic mass is 10.1. The summed E-state index contributed by atoms with van der Waals surface area (Å²) >= 11 is 0. The van der Waals surface area contributed by atoms with Gasteiger partial charge in [-0.1, -0.05) is 13.8 Å². The molecule has 2 aliphatic rings. The molecule has 2 fully saturated rings. The van der Waals surface area contributed by atoms with Gasteiger partial charge in [0.2, 0.25) is 0 Å². The monoisotopic (exact) mass is 169 g/mol. The third-order valence-corrected chi connectivity index (χ3v) is 2.90. The molecule has 1 saturated heterocycles. The normalized spacial score (nSPS) is 38.2. The van der Waals surface area contributed by atoms with E-state index in [0.29, 0.717) is 5.78 Å². The van der Waals surface area contributed by atoms with Crippen molar-refractivity contribution in [2.24, 2.45) is 5.92 Å². The molecule has 0 aromatic heterocycles. The lowest BCUT2D eigenvalue weighted by Gasteiger charge is -2.19. The van der Waals surface area contributed by atoms with Crippen LogP contribution in [0.5, 0.6) is 0 Å². The first kappa shape index (κ1) is 9.72. The molecule has 0 amide bonds. The molecular weight excluding hydrogens is 150 g/mol. The number of hydrogen-bond acceptors (Lipinski definition) is 2. The van der Waals surface area contributed by atoms with Crippen molar-refractivity contribution in [1.82, 2.24) is 4.90 Å². The molecule has 3 atom stereocenters. The van der Waals surface area contributed by atoms with Crippen LogP contribution in [0.4, 0.5) is 0 Å². The van der Waals surface area contributed by atoms with Gasteiger partial charge in [-0.3, -0.25) is 9.69 Å². The maximum atomic E-state index is 11.0. The molecule has 3 unspecified atom stereocenters. The molecule has 0 radical (unpaired) electrons. The van der Waals surface area contributed by atoms with Gasteiger partial charge >= 0.3 is 0 Å². The van der Waals surface area contributed by atoms with Crippen molar-refractivity contribution in [3.8, 4) is 0 Å². The second kappa shape index (κ2) is 3.56. The SMILES string of the molecule is CC.CC(=O)C1CC2CC2N1C. The summed E-state index contributed by atoms with van der Waals surface area (Å²) in [6.45, 7) is 5.70. The standard InChI is InChI=1S/C8H13NO.C2H6/c1-5(10)7-3-6-4-8(6)9(7)2;1-2/h6-8H,3-4H2,1-2H3;1-2H3. The molecule has 70 valence electrons. The zero-order valence-corrected chi connectivity index (χ0v) is 8.50. The summed E-state index contributed by atoms with van der Waals surface area (Å²) in [5, 5.41) is 0. The number of hydrogen-bond donors (Lipinski definition) is 0. The van der Waals surface area contributed by atoms with Crippen LogP contribution in [0.2, 0.25) is 0 Å². The number of Topliss-reactive ketones (excluding diaryl/α,β-unsaturated/α-hetero) is 1. The molecule has 2 rings (SSSR count). The van der Waals surface area contributed by atoms with Crippen molar-refractivity contribution in [3.05, 3.63) is 0 Å². The number of likely N-dealkylation sites (N-methyl/N-ethyl adjacent to an activating group) is 1. The Morgan fingerprint density at radius 1 is 1.33 bits per heavy atom. The minimum atomic E-state index is 0.253. The predicted octanol–water partition coefficient (Wildman–Crippen LogP) is 1.69. The van der Waals surface area contributed by atoms with Crippen LogP contribution in [0.1, 0.15) is 33.6 Å². The summed E-state index contributed by atoms with van der Waals surface area (Å²) in [6, 6.07) is 1.01. The van der Waals surface area contributed by atoms with Crippen LogP contribution < -0.4 is 0 Å². The first-order valence-electron chi connectivity index (χ1n) is 4.92. The van der Waals surface area contributed by atoms with Crippen LogP contribution in [-0.4, -0.2) is 29.8 Å². The van der Waals surface area contributed by atoms with Crippen LogP contribution in [0.3, 0.4) is 0 Å². The summed E-state index contributed by atoms with van der Waals surface area (Å²) < 4.78 is 0. The van der Waals surface area contributed by atoms with Gasteiger partial charge in [0.05, 0.1) is 6.04 Å². The summed E-state index contributed by atoms with van der Waals surface area (Å²) in [5.41, 5.74) is 0. The second-order valence-electron chi connectivity index (χ2n) is 3.59. The zero-order valence-electron chi connectivity index (χ0n) is 8.50. The molecule has 1 aliphatic heterocycles. The van der Waals surface area contributed by atoms with Gasteiger partial charge in [0.15, 0.2) is 0 Å². The molecule has 1 heterocycles. The van der Waals surface area contributed by atoms with Crippen molar-refractivity contribution < 1.29 is 4.79 Å². The molecule has 0 spiro atoms. The van der Waals surface area contributed by atoms with Gasteiger partial charge in [0.1, 0.15) is 5.78 Å². The average Bonchev–Trinajstić information content (AvgIpc) is 2.76. The van der Waals surface area contributed by atoms with Crippen LogP contribution in [0.15, 0.2) is 0 Å². The highest BCUT2D eigenvalue weighted by Gasteiger charge is 2.51. The number of rotatable bonds is 1. The van der Waals surface area contributed by atoms with E-state index in [1.54, 1.807) is 6.92 Å². The van der Waals surface area contributed by atoms with Crippen molar-refractivity contribution in [2.75, 3.05) is 7.05 Å². The summed E-state index contributed by atoms with van der Waals surface area (Å²) in [6.07, 6.45) is 2.46. The number of likely N-dealkylation sites (tertiary alicyclic amines) is 1. The zero-order chi connectivity index (χ0) is 9.30. The van der Waals surface area contributed by atoms with Gasteiger partial charge in [-0.15, -0.1) is 0 Å². The third kappa shape index (κ3) is 1.53. The number of nitrogens with zero attached hydrogens (tertiary/aromatic N) is 1. The van der Waals surface area contributed by atoms with Crippen molar-refractivity contribution >= 4 is 5.78 Å².